The van der Waals surface area contributed by atoms with Gasteiger partial charge in [-0.25, -0.2) is 9.97 Å². The zero-order chi connectivity index (χ0) is 17.9. The number of benzene rings is 1. The van der Waals surface area contributed by atoms with Gasteiger partial charge in [0.2, 0.25) is 0 Å². The van der Waals surface area contributed by atoms with E-state index in [0.29, 0.717) is 0 Å². The number of hydrogen-bond donors (Lipinski definition) is 0. The standard InChI is InChI=1S/C20H27N5O/c1-16-4-3-5-18(14-16)23-6-8-24(9-7-23)19-15-20(22-17(2)21-19)25-10-12-26-13-11-25/h3-5,14-15H,6-13H2,1-2H3. The van der Waals surface area contributed by atoms with Crippen molar-refractivity contribution in [1.82, 2.24) is 9.97 Å². The van der Waals surface area contributed by atoms with Gasteiger partial charge in [-0.05, 0) is 31.5 Å². The summed E-state index contributed by atoms with van der Waals surface area (Å²) in [5.74, 6) is 2.91. The van der Waals surface area contributed by atoms with Crippen molar-refractivity contribution in [3.05, 3.63) is 41.7 Å². The summed E-state index contributed by atoms with van der Waals surface area (Å²) in [6.45, 7) is 11.5. The smallest absolute Gasteiger partial charge is 0.134 e. The monoisotopic (exact) mass is 353 g/mol. The molecule has 1 aromatic carbocycles. The van der Waals surface area contributed by atoms with Crippen LogP contribution in [-0.4, -0.2) is 62.5 Å². The van der Waals surface area contributed by atoms with Gasteiger partial charge in [0.15, 0.2) is 0 Å². The molecule has 2 saturated heterocycles. The fourth-order valence-corrected chi connectivity index (χ4v) is 3.67. The van der Waals surface area contributed by atoms with Gasteiger partial charge in [-0.3, -0.25) is 0 Å². The van der Waals surface area contributed by atoms with Gasteiger partial charge >= 0.3 is 0 Å². The maximum atomic E-state index is 5.46. The lowest BCUT2D eigenvalue weighted by Crippen LogP contribution is -2.47. The zero-order valence-corrected chi connectivity index (χ0v) is 15.7. The van der Waals surface area contributed by atoms with E-state index in [-0.39, 0.29) is 0 Å². The van der Waals surface area contributed by atoms with Crippen LogP contribution in [0.4, 0.5) is 17.3 Å². The first kappa shape index (κ1) is 17.1. The molecular weight excluding hydrogens is 326 g/mol. The second-order valence-electron chi connectivity index (χ2n) is 7.04. The van der Waals surface area contributed by atoms with Gasteiger partial charge in [0.1, 0.15) is 17.5 Å². The predicted octanol–water partition coefficient (Wildman–Crippen LogP) is 2.26. The third kappa shape index (κ3) is 3.75. The van der Waals surface area contributed by atoms with Gasteiger partial charge < -0.3 is 19.4 Å². The Morgan fingerprint density at radius 1 is 0.769 bits per heavy atom. The number of rotatable bonds is 3. The molecule has 26 heavy (non-hydrogen) atoms. The van der Waals surface area contributed by atoms with Gasteiger partial charge in [0.25, 0.3) is 0 Å². The van der Waals surface area contributed by atoms with E-state index in [1.807, 2.05) is 6.92 Å². The summed E-state index contributed by atoms with van der Waals surface area (Å²) in [7, 11) is 0. The third-order valence-electron chi connectivity index (χ3n) is 5.12. The lowest BCUT2D eigenvalue weighted by atomic mass is 10.2. The Balaban J connectivity index is 1.46. The summed E-state index contributed by atoms with van der Waals surface area (Å²) in [6.07, 6.45) is 0. The van der Waals surface area contributed by atoms with Crippen LogP contribution in [-0.2, 0) is 4.74 Å². The Kier molecular flexibility index (Phi) is 4.93. The number of aromatic nitrogens is 2. The van der Waals surface area contributed by atoms with Crippen LogP contribution in [0.25, 0.3) is 0 Å². The van der Waals surface area contributed by atoms with Crippen molar-refractivity contribution in [2.45, 2.75) is 13.8 Å². The minimum atomic E-state index is 0.771. The van der Waals surface area contributed by atoms with Crippen LogP contribution >= 0.6 is 0 Å². The zero-order valence-electron chi connectivity index (χ0n) is 15.7. The summed E-state index contributed by atoms with van der Waals surface area (Å²) < 4.78 is 5.46. The van der Waals surface area contributed by atoms with E-state index in [4.69, 9.17) is 9.72 Å². The number of ether oxygens (including phenoxy) is 1. The Morgan fingerprint density at radius 3 is 2.04 bits per heavy atom. The van der Waals surface area contributed by atoms with Crippen molar-refractivity contribution in [1.29, 1.82) is 0 Å². The van der Waals surface area contributed by atoms with Crippen molar-refractivity contribution in [2.75, 3.05) is 67.2 Å². The van der Waals surface area contributed by atoms with Crippen LogP contribution in [0.5, 0.6) is 0 Å². The summed E-state index contributed by atoms with van der Waals surface area (Å²) in [5.41, 5.74) is 2.63. The highest BCUT2D eigenvalue weighted by atomic mass is 16.5. The first-order valence-corrected chi connectivity index (χ1v) is 9.44. The lowest BCUT2D eigenvalue weighted by Gasteiger charge is -2.37. The first-order valence-electron chi connectivity index (χ1n) is 9.44. The van der Waals surface area contributed by atoms with Gasteiger partial charge in [0.05, 0.1) is 13.2 Å². The molecule has 0 bridgehead atoms. The Bertz CT molecular complexity index is 752. The summed E-state index contributed by atoms with van der Waals surface area (Å²) in [6, 6.07) is 10.9. The average Bonchev–Trinajstić information content (AvgIpc) is 2.68. The van der Waals surface area contributed by atoms with Crippen LogP contribution in [0.3, 0.4) is 0 Å². The molecule has 0 saturated carbocycles. The van der Waals surface area contributed by atoms with Gasteiger partial charge in [0, 0.05) is 51.0 Å². The molecule has 4 rings (SSSR count). The Hall–Kier alpha value is -2.34. The second-order valence-corrected chi connectivity index (χ2v) is 7.04. The molecular formula is C20H27N5O. The van der Waals surface area contributed by atoms with Crippen molar-refractivity contribution in [3.63, 3.8) is 0 Å². The highest BCUT2D eigenvalue weighted by Gasteiger charge is 2.21. The average molecular weight is 353 g/mol. The molecule has 0 radical (unpaired) electrons. The molecule has 0 spiro atoms. The molecule has 2 aliphatic heterocycles. The molecule has 3 heterocycles. The SMILES string of the molecule is Cc1cccc(N2CCN(c3cc(N4CCOCC4)nc(C)n3)CC2)c1. The fraction of sp³-hybridized carbons (Fsp3) is 0.500. The van der Waals surface area contributed by atoms with Gasteiger partial charge in [-0.15, -0.1) is 0 Å². The van der Waals surface area contributed by atoms with Crippen LogP contribution in [0.15, 0.2) is 30.3 Å². The highest BCUT2D eigenvalue weighted by molar-refractivity contribution is 5.54. The number of morpholine rings is 1. The minimum absolute atomic E-state index is 0.771. The third-order valence-corrected chi connectivity index (χ3v) is 5.12. The number of piperazine rings is 1. The Labute approximate surface area is 155 Å². The molecule has 0 amide bonds. The summed E-state index contributed by atoms with van der Waals surface area (Å²) in [4.78, 5) is 16.5. The molecule has 6 nitrogen and oxygen atoms in total. The summed E-state index contributed by atoms with van der Waals surface area (Å²) in [5, 5.41) is 0. The molecule has 1 aromatic heterocycles. The maximum Gasteiger partial charge on any atom is 0.134 e. The van der Waals surface area contributed by atoms with Crippen LogP contribution in [0.2, 0.25) is 0 Å². The molecule has 0 aliphatic carbocycles. The maximum absolute atomic E-state index is 5.46. The normalized spacial score (nSPS) is 18.3. The molecule has 6 heteroatoms. The van der Waals surface area contributed by atoms with Gasteiger partial charge in [-0.1, -0.05) is 12.1 Å². The number of aryl methyl sites for hydroxylation is 2. The van der Waals surface area contributed by atoms with Crippen LogP contribution in [0.1, 0.15) is 11.4 Å². The topological polar surface area (TPSA) is 44.7 Å². The Morgan fingerprint density at radius 2 is 1.38 bits per heavy atom. The number of hydrogen-bond acceptors (Lipinski definition) is 6. The van der Waals surface area contributed by atoms with Gasteiger partial charge in [-0.2, -0.15) is 0 Å². The van der Waals surface area contributed by atoms with Crippen molar-refractivity contribution in [3.8, 4) is 0 Å². The van der Waals surface area contributed by atoms with E-state index in [1.165, 1.54) is 11.3 Å². The number of nitrogens with zero attached hydrogens (tertiary/aromatic N) is 5. The summed E-state index contributed by atoms with van der Waals surface area (Å²) >= 11 is 0. The number of anilines is 3. The van der Waals surface area contributed by atoms with Crippen LogP contribution < -0.4 is 14.7 Å². The molecule has 2 aromatic rings. The minimum Gasteiger partial charge on any atom is -0.378 e. The van der Waals surface area contributed by atoms with Crippen molar-refractivity contribution in [2.24, 2.45) is 0 Å². The van der Waals surface area contributed by atoms with E-state index in [9.17, 15) is 0 Å². The van der Waals surface area contributed by atoms with Crippen LogP contribution in [0, 0.1) is 13.8 Å². The lowest BCUT2D eigenvalue weighted by molar-refractivity contribution is 0.122. The molecule has 0 unspecified atom stereocenters. The van der Waals surface area contributed by atoms with E-state index in [1.54, 1.807) is 0 Å². The highest BCUT2D eigenvalue weighted by Crippen LogP contribution is 2.23. The fourth-order valence-electron chi connectivity index (χ4n) is 3.67. The molecule has 0 N–H and O–H groups in total. The second kappa shape index (κ2) is 7.50. The van der Waals surface area contributed by atoms with E-state index in [0.717, 1.165) is 69.9 Å². The van der Waals surface area contributed by atoms with Crippen molar-refractivity contribution < 1.29 is 4.74 Å². The largest absolute Gasteiger partial charge is 0.378 e. The molecule has 2 fully saturated rings. The van der Waals surface area contributed by atoms with E-state index < -0.39 is 0 Å². The molecule has 138 valence electrons. The quantitative estimate of drug-likeness (QED) is 0.843. The van der Waals surface area contributed by atoms with E-state index >= 15 is 0 Å². The predicted molar refractivity (Wildman–Crippen MR) is 105 cm³/mol. The first-order chi connectivity index (χ1) is 12.7. The molecule has 2 aliphatic rings. The van der Waals surface area contributed by atoms with E-state index in [2.05, 4.69) is 56.9 Å². The molecule has 0 atom stereocenters. The van der Waals surface area contributed by atoms with Crippen molar-refractivity contribution >= 4 is 17.3 Å².